The number of benzene rings is 2. The van der Waals surface area contributed by atoms with Crippen LogP contribution in [-0.2, 0) is 11.2 Å². The number of hydrogen-bond donors (Lipinski definition) is 3. The topological polar surface area (TPSA) is 74.3 Å². The summed E-state index contributed by atoms with van der Waals surface area (Å²) in [4.78, 5) is 15.3. The van der Waals surface area contributed by atoms with Crippen molar-refractivity contribution in [3.05, 3.63) is 64.3 Å². The van der Waals surface area contributed by atoms with Crippen molar-refractivity contribution < 1.29 is 14.6 Å². The van der Waals surface area contributed by atoms with Gasteiger partial charge in [0.25, 0.3) is 0 Å². The summed E-state index contributed by atoms with van der Waals surface area (Å²) in [5.74, 6) is -0.0435. The molecule has 134 valence electrons. The van der Waals surface area contributed by atoms with E-state index in [0.717, 1.165) is 44.6 Å². The second-order valence-corrected chi connectivity index (χ2v) is 6.96. The number of carbonyl (C=O) groups is 1. The first-order valence-electron chi connectivity index (χ1n) is 8.73. The zero-order chi connectivity index (χ0) is 18.4. The summed E-state index contributed by atoms with van der Waals surface area (Å²) in [5, 5.41) is 14.1. The maximum atomic E-state index is 11.8. The minimum absolute atomic E-state index is 0.263. The number of para-hydroxylation sites is 1. The first-order chi connectivity index (χ1) is 12.5. The first-order valence-corrected chi connectivity index (χ1v) is 8.73. The number of aromatic amines is 1. The van der Waals surface area contributed by atoms with Crippen molar-refractivity contribution in [2.24, 2.45) is 0 Å². The minimum Gasteiger partial charge on any atom is -0.496 e. The van der Waals surface area contributed by atoms with Crippen LogP contribution >= 0.6 is 0 Å². The maximum Gasteiger partial charge on any atom is 0.321 e. The van der Waals surface area contributed by atoms with Crippen molar-refractivity contribution in [3.63, 3.8) is 0 Å². The van der Waals surface area contributed by atoms with Gasteiger partial charge in [-0.1, -0.05) is 35.9 Å². The molecule has 2 aromatic carbocycles. The summed E-state index contributed by atoms with van der Waals surface area (Å²) >= 11 is 0. The van der Waals surface area contributed by atoms with E-state index >= 15 is 0 Å². The molecule has 0 radical (unpaired) electrons. The molecule has 0 bridgehead atoms. The van der Waals surface area contributed by atoms with Gasteiger partial charge < -0.3 is 14.8 Å². The average molecular weight is 350 g/mol. The molecule has 0 aliphatic carbocycles. The van der Waals surface area contributed by atoms with Crippen LogP contribution in [0, 0.1) is 13.8 Å². The third-order valence-corrected chi connectivity index (χ3v) is 5.17. The largest absolute Gasteiger partial charge is 0.496 e. The van der Waals surface area contributed by atoms with Crippen molar-refractivity contribution in [1.82, 2.24) is 10.3 Å². The van der Waals surface area contributed by atoms with E-state index in [1.165, 1.54) is 0 Å². The highest BCUT2D eigenvalue weighted by Gasteiger charge is 2.35. The fourth-order valence-electron chi connectivity index (χ4n) is 4.12. The highest BCUT2D eigenvalue weighted by molar-refractivity contribution is 5.87. The van der Waals surface area contributed by atoms with Crippen molar-refractivity contribution >= 4 is 16.9 Å². The third-order valence-electron chi connectivity index (χ3n) is 5.17. The molecule has 26 heavy (non-hydrogen) atoms. The van der Waals surface area contributed by atoms with Gasteiger partial charge in [0.1, 0.15) is 11.8 Å². The Hall–Kier alpha value is -2.79. The smallest absolute Gasteiger partial charge is 0.321 e. The van der Waals surface area contributed by atoms with Crippen LogP contribution in [0.2, 0.25) is 0 Å². The Bertz CT molecular complexity index is 1010. The fourth-order valence-corrected chi connectivity index (χ4v) is 4.12. The summed E-state index contributed by atoms with van der Waals surface area (Å²) in [6.07, 6.45) is 0.457. The molecule has 2 heterocycles. The SMILES string of the molecule is COc1c(C)cc(C)cc1C1NC(C(=O)O)Cc2c1[nH]c1ccccc21. The zero-order valence-electron chi connectivity index (χ0n) is 15.1. The van der Waals surface area contributed by atoms with E-state index in [0.29, 0.717) is 6.42 Å². The van der Waals surface area contributed by atoms with Crippen molar-refractivity contribution in [2.45, 2.75) is 32.4 Å². The predicted molar refractivity (Wildman–Crippen MR) is 101 cm³/mol. The zero-order valence-corrected chi connectivity index (χ0v) is 15.1. The van der Waals surface area contributed by atoms with Gasteiger partial charge in [-0.05, 0) is 31.0 Å². The van der Waals surface area contributed by atoms with Crippen LogP contribution in [0.15, 0.2) is 36.4 Å². The number of ether oxygens (including phenoxy) is 1. The molecule has 0 amide bonds. The molecular weight excluding hydrogens is 328 g/mol. The Morgan fingerprint density at radius 2 is 2.00 bits per heavy atom. The summed E-state index contributed by atoms with van der Waals surface area (Å²) < 4.78 is 5.67. The number of aryl methyl sites for hydroxylation is 2. The number of H-pyrrole nitrogens is 1. The monoisotopic (exact) mass is 350 g/mol. The second-order valence-electron chi connectivity index (χ2n) is 6.96. The molecule has 1 aliphatic heterocycles. The lowest BCUT2D eigenvalue weighted by Crippen LogP contribution is -2.45. The van der Waals surface area contributed by atoms with E-state index in [1.807, 2.05) is 38.1 Å². The highest BCUT2D eigenvalue weighted by atomic mass is 16.5. The van der Waals surface area contributed by atoms with Gasteiger partial charge in [0.15, 0.2) is 0 Å². The lowest BCUT2D eigenvalue weighted by molar-refractivity contribution is -0.139. The molecule has 5 heteroatoms. The standard InChI is InChI=1S/C21H22N2O3/c1-11-8-12(2)20(26-3)15(9-11)19-18-14(10-17(23-19)21(24)25)13-6-4-5-7-16(13)22-18/h4-9,17,19,22-23H,10H2,1-3H3,(H,24,25). The Kier molecular flexibility index (Phi) is 3.96. The lowest BCUT2D eigenvalue weighted by atomic mass is 9.88. The van der Waals surface area contributed by atoms with Gasteiger partial charge in [0.05, 0.1) is 13.2 Å². The molecule has 3 N–H and O–H groups in total. The van der Waals surface area contributed by atoms with E-state index in [1.54, 1.807) is 7.11 Å². The van der Waals surface area contributed by atoms with Crippen LogP contribution in [0.3, 0.4) is 0 Å². The number of aliphatic carboxylic acids is 1. The Balaban J connectivity index is 1.96. The summed E-state index contributed by atoms with van der Waals surface area (Å²) in [6, 6.07) is 11.3. The second kappa shape index (κ2) is 6.18. The van der Waals surface area contributed by atoms with E-state index in [9.17, 15) is 9.90 Å². The van der Waals surface area contributed by atoms with E-state index < -0.39 is 12.0 Å². The first kappa shape index (κ1) is 16.7. The number of nitrogens with one attached hydrogen (secondary N) is 2. The quantitative estimate of drug-likeness (QED) is 0.676. The van der Waals surface area contributed by atoms with E-state index in [4.69, 9.17) is 4.74 Å². The highest BCUT2D eigenvalue weighted by Crippen LogP contribution is 2.39. The number of rotatable bonds is 3. The maximum absolute atomic E-state index is 11.8. The Morgan fingerprint density at radius 3 is 2.73 bits per heavy atom. The predicted octanol–water partition coefficient (Wildman–Crippen LogP) is 3.48. The summed E-state index contributed by atoms with van der Waals surface area (Å²) in [6.45, 7) is 4.05. The van der Waals surface area contributed by atoms with Crippen LogP contribution in [0.5, 0.6) is 5.75 Å². The lowest BCUT2D eigenvalue weighted by Gasteiger charge is -2.31. The molecule has 0 saturated heterocycles. The van der Waals surface area contributed by atoms with Gasteiger partial charge in [0, 0.05) is 28.6 Å². The number of carboxylic acid groups (broad SMARTS) is 1. The number of carboxylic acids is 1. The van der Waals surface area contributed by atoms with Gasteiger partial charge in [-0.3, -0.25) is 10.1 Å². The summed E-state index contributed by atoms with van der Waals surface area (Å²) in [7, 11) is 1.66. The van der Waals surface area contributed by atoms with Gasteiger partial charge >= 0.3 is 5.97 Å². The normalized spacial score (nSPS) is 19.3. The minimum atomic E-state index is -0.839. The van der Waals surface area contributed by atoms with Crippen LogP contribution < -0.4 is 10.1 Å². The van der Waals surface area contributed by atoms with Gasteiger partial charge in [-0.15, -0.1) is 0 Å². The van der Waals surface area contributed by atoms with Crippen molar-refractivity contribution in [2.75, 3.05) is 7.11 Å². The van der Waals surface area contributed by atoms with Crippen LogP contribution in [-0.4, -0.2) is 29.2 Å². The van der Waals surface area contributed by atoms with Gasteiger partial charge in [-0.2, -0.15) is 0 Å². The number of methoxy groups -OCH3 is 1. The average Bonchev–Trinajstić information content (AvgIpc) is 2.99. The van der Waals surface area contributed by atoms with Crippen LogP contribution in [0.1, 0.15) is 34.0 Å². The molecule has 5 nitrogen and oxygen atoms in total. The molecule has 1 aliphatic rings. The van der Waals surface area contributed by atoms with Crippen LogP contribution in [0.25, 0.3) is 10.9 Å². The summed E-state index contributed by atoms with van der Waals surface area (Å²) in [5.41, 5.74) is 6.24. The Labute approximate surface area is 152 Å². The Morgan fingerprint density at radius 1 is 1.23 bits per heavy atom. The number of aromatic nitrogens is 1. The molecule has 4 rings (SSSR count). The number of hydrogen-bond acceptors (Lipinski definition) is 3. The van der Waals surface area contributed by atoms with Crippen molar-refractivity contribution in [3.8, 4) is 5.75 Å². The van der Waals surface area contributed by atoms with Crippen LogP contribution in [0.4, 0.5) is 0 Å². The molecule has 3 aromatic rings. The molecule has 0 saturated carbocycles. The van der Waals surface area contributed by atoms with Gasteiger partial charge in [0.2, 0.25) is 0 Å². The molecule has 2 unspecified atom stereocenters. The van der Waals surface area contributed by atoms with E-state index in [2.05, 4.69) is 22.4 Å². The molecule has 0 spiro atoms. The molecule has 0 fully saturated rings. The molecular formula is C21H22N2O3. The van der Waals surface area contributed by atoms with Crippen molar-refractivity contribution in [1.29, 1.82) is 0 Å². The number of fused-ring (bicyclic) bond motifs is 3. The third kappa shape index (κ3) is 2.56. The fraction of sp³-hybridized carbons (Fsp3) is 0.286. The van der Waals surface area contributed by atoms with E-state index in [-0.39, 0.29) is 6.04 Å². The molecule has 2 atom stereocenters. The van der Waals surface area contributed by atoms with Gasteiger partial charge in [-0.25, -0.2) is 0 Å². The molecule has 1 aromatic heterocycles.